The molecule has 0 saturated heterocycles. The van der Waals surface area contributed by atoms with Crippen LogP contribution in [-0.4, -0.2) is 40.1 Å². The van der Waals surface area contributed by atoms with Gasteiger partial charge in [0.25, 0.3) is 0 Å². The van der Waals surface area contributed by atoms with Gasteiger partial charge in [0.1, 0.15) is 0 Å². The Bertz CT molecular complexity index is 127. The van der Waals surface area contributed by atoms with E-state index in [1.165, 1.54) is 0 Å². The molecule has 0 aromatic carbocycles. The second-order valence-corrected chi connectivity index (χ2v) is 40.5. The maximum absolute atomic E-state index is 3.98. The molecule has 12 heavy (non-hydrogen) atoms. The normalized spacial score (nSPS) is 14.5. The molecule has 0 aliphatic heterocycles. The molecular formula is C7H21Si5. The molecule has 0 N–H and O–H groups in total. The summed E-state index contributed by atoms with van der Waals surface area (Å²) in [5.74, 6) is 0. The Kier molecular flexibility index (Phi) is 4.44. The molecule has 0 nitrogen and oxygen atoms in total. The van der Waals surface area contributed by atoms with E-state index in [1.54, 1.807) is 0 Å². The molecule has 0 amide bonds. The molecule has 0 aromatic heterocycles. The van der Waals surface area contributed by atoms with E-state index in [0.717, 1.165) is 0 Å². The Morgan fingerprint density at radius 2 is 1.08 bits per heavy atom. The van der Waals surface area contributed by atoms with Crippen LogP contribution in [0.5, 0.6) is 0 Å². The molecule has 0 aromatic rings. The zero-order valence-electron chi connectivity index (χ0n) is 9.50. The van der Waals surface area contributed by atoms with Crippen molar-refractivity contribution in [2.24, 2.45) is 0 Å². The van der Waals surface area contributed by atoms with Crippen LogP contribution >= 0.6 is 0 Å². The van der Waals surface area contributed by atoms with Crippen molar-refractivity contribution in [2.45, 2.75) is 45.8 Å². The molecule has 0 atom stereocenters. The van der Waals surface area contributed by atoms with Gasteiger partial charge >= 0.3 is 0 Å². The number of rotatable bonds is 3. The highest BCUT2D eigenvalue weighted by Crippen LogP contribution is 2.18. The lowest BCUT2D eigenvalue weighted by Gasteiger charge is -2.39. The highest BCUT2D eigenvalue weighted by atomic mass is 30.0. The van der Waals surface area contributed by atoms with E-state index in [1.807, 2.05) is 0 Å². The molecule has 5 heteroatoms. The molecule has 0 aliphatic carbocycles. The monoisotopic (exact) mass is 245 g/mol. The SMILES string of the molecule is C[Si]([Si])[Si]([Si](C)(C)C)[Si](C)(C)C. The summed E-state index contributed by atoms with van der Waals surface area (Å²) in [5, 5.41) is 0. The molecule has 0 spiro atoms. The molecule has 0 fully saturated rings. The molecule has 0 saturated carbocycles. The first kappa shape index (κ1) is 13.1. The third-order valence-electron chi connectivity index (χ3n) is 1.88. The van der Waals surface area contributed by atoms with Gasteiger partial charge in [-0.3, -0.25) is 0 Å². The van der Waals surface area contributed by atoms with Gasteiger partial charge in [-0.15, -0.1) is 0 Å². The van der Waals surface area contributed by atoms with Crippen LogP contribution in [0.25, 0.3) is 0 Å². The van der Waals surface area contributed by atoms with Crippen LogP contribution in [0, 0.1) is 0 Å². The Morgan fingerprint density at radius 1 is 0.833 bits per heavy atom. The molecule has 5 radical (unpaired) electrons. The second kappa shape index (κ2) is 4.08. The van der Waals surface area contributed by atoms with E-state index in [0.29, 0.717) is 0 Å². The number of hydrogen-bond acceptors (Lipinski definition) is 0. The Morgan fingerprint density at radius 3 is 1.08 bits per heavy atom. The minimum Gasteiger partial charge on any atom is -0.0763 e. The van der Waals surface area contributed by atoms with Crippen LogP contribution in [0.4, 0.5) is 0 Å². The third kappa shape index (κ3) is 3.86. The van der Waals surface area contributed by atoms with E-state index >= 15 is 0 Å². The summed E-state index contributed by atoms with van der Waals surface area (Å²) in [4.78, 5) is 0. The molecule has 69 valence electrons. The predicted molar refractivity (Wildman–Crippen MR) is 69.8 cm³/mol. The van der Waals surface area contributed by atoms with Crippen LogP contribution in [0.1, 0.15) is 0 Å². The Hall–Kier alpha value is 1.08. The lowest BCUT2D eigenvalue weighted by atomic mass is 11.8. The van der Waals surface area contributed by atoms with Crippen LogP contribution in [0.3, 0.4) is 0 Å². The fourth-order valence-electron chi connectivity index (χ4n) is 2.25. The van der Waals surface area contributed by atoms with E-state index in [4.69, 9.17) is 0 Å². The largest absolute Gasteiger partial charge is 0.0763 e. The smallest absolute Gasteiger partial charge is 0.0300 e. The summed E-state index contributed by atoms with van der Waals surface area (Å²) in [6, 6.07) is 0. The first-order chi connectivity index (χ1) is 5.07. The lowest BCUT2D eigenvalue weighted by molar-refractivity contribution is 1.81. The summed E-state index contributed by atoms with van der Waals surface area (Å²) in [7, 11) is 2.17. The summed E-state index contributed by atoms with van der Waals surface area (Å²) in [5.41, 5.74) is 0. The summed E-state index contributed by atoms with van der Waals surface area (Å²) in [6.45, 7) is 17.8. The van der Waals surface area contributed by atoms with Crippen molar-refractivity contribution < 1.29 is 0 Å². The molecule has 0 aliphatic rings. The molecule has 0 bridgehead atoms. The van der Waals surface area contributed by atoms with Gasteiger partial charge in [-0.1, -0.05) is 45.8 Å². The van der Waals surface area contributed by atoms with Crippen molar-refractivity contribution in [1.29, 1.82) is 0 Å². The fourth-order valence-corrected chi connectivity index (χ4v) is 81.0. The van der Waals surface area contributed by atoms with Gasteiger partial charge in [0, 0.05) is 40.1 Å². The maximum Gasteiger partial charge on any atom is 0.0300 e. The predicted octanol–water partition coefficient (Wildman–Crippen LogP) is 2.18. The highest BCUT2D eigenvalue weighted by molar-refractivity contribution is 7.83. The standard InChI is InChI=1S/C7H21Si5/c1-9(8)10(11(2,3)4)12(5,6)7/h1-7H3. The van der Waals surface area contributed by atoms with Crippen molar-refractivity contribution in [3.63, 3.8) is 0 Å². The quantitative estimate of drug-likeness (QED) is 0.669. The summed E-state index contributed by atoms with van der Waals surface area (Å²) < 4.78 is 0. The second-order valence-electron chi connectivity index (χ2n) is 5.50. The minimum absolute atomic E-state index is 0.000514. The van der Waals surface area contributed by atoms with Crippen molar-refractivity contribution >= 4 is 40.1 Å². The average Bonchev–Trinajstić information content (AvgIpc) is 1.49. The zero-order valence-corrected chi connectivity index (χ0v) is 14.5. The lowest BCUT2D eigenvalue weighted by Crippen LogP contribution is -2.66. The van der Waals surface area contributed by atoms with Crippen LogP contribution < -0.4 is 0 Å². The third-order valence-corrected chi connectivity index (χ3v) is 57.4. The van der Waals surface area contributed by atoms with Gasteiger partial charge in [0.05, 0.1) is 0 Å². The van der Waals surface area contributed by atoms with Gasteiger partial charge < -0.3 is 0 Å². The topological polar surface area (TPSA) is 0 Å². The molecule has 0 unspecified atom stereocenters. The zero-order chi connectivity index (χ0) is 10.2. The van der Waals surface area contributed by atoms with Crippen LogP contribution in [0.15, 0.2) is 0 Å². The van der Waals surface area contributed by atoms with Crippen LogP contribution in [0.2, 0.25) is 45.8 Å². The number of hydrogen-bond donors (Lipinski definition) is 0. The first-order valence-electron chi connectivity index (χ1n) is 4.50. The van der Waals surface area contributed by atoms with Gasteiger partial charge in [-0.2, -0.15) is 0 Å². The molecular weight excluding hydrogens is 225 g/mol. The molecule has 0 rings (SSSR count). The van der Waals surface area contributed by atoms with Crippen LogP contribution in [-0.2, 0) is 0 Å². The van der Waals surface area contributed by atoms with Gasteiger partial charge in [0.15, 0.2) is 0 Å². The van der Waals surface area contributed by atoms with Crippen molar-refractivity contribution in [2.75, 3.05) is 0 Å². The van der Waals surface area contributed by atoms with E-state index in [9.17, 15) is 0 Å². The minimum atomic E-state index is -0.825. The Labute approximate surface area is 86.0 Å². The van der Waals surface area contributed by atoms with Gasteiger partial charge in [-0.25, -0.2) is 0 Å². The van der Waals surface area contributed by atoms with Crippen molar-refractivity contribution in [3.05, 3.63) is 0 Å². The van der Waals surface area contributed by atoms with Crippen molar-refractivity contribution in [1.82, 2.24) is 0 Å². The summed E-state index contributed by atoms with van der Waals surface area (Å²) >= 11 is 0. The fraction of sp³-hybridized carbons (Fsp3) is 1.00. The first-order valence-corrected chi connectivity index (χ1v) is 19.5. The van der Waals surface area contributed by atoms with E-state index in [2.05, 4.69) is 55.6 Å². The molecule has 0 heterocycles. The summed E-state index contributed by atoms with van der Waals surface area (Å²) in [6.07, 6.45) is 0. The average molecular weight is 246 g/mol. The van der Waals surface area contributed by atoms with Gasteiger partial charge in [0.2, 0.25) is 0 Å². The highest BCUT2D eigenvalue weighted by Gasteiger charge is 2.40. The Balaban J connectivity index is 4.70. The van der Waals surface area contributed by atoms with E-state index in [-0.39, 0.29) is 15.2 Å². The van der Waals surface area contributed by atoms with E-state index < -0.39 is 15.2 Å². The maximum atomic E-state index is 3.98. The van der Waals surface area contributed by atoms with Gasteiger partial charge in [-0.05, 0) is 0 Å². The van der Waals surface area contributed by atoms with Crippen molar-refractivity contribution in [3.8, 4) is 0 Å².